The highest BCUT2D eigenvalue weighted by molar-refractivity contribution is 5.79. The fraction of sp³-hybridized carbons (Fsp3) is 0.565. The minimum absolute atomic E-state index is 0.174. The maximum atomic E-state index is 10.8. The maximum absolute atomic E-state index is 10.8. The molecule has 0 bridgehead atoms. The highest BCUT2D eigenvalue weighted by Crippen LogP contribution is 2.21. The lowest BCUT2D eigenvalue weighted by atomic mass is 9.92. The summed E-state index contributed by atoms with van der Waals surface area (Å²) in [6.07, 6.45) is 14.9. The molecule has 1 aromatic rings. The molecular formula is C23H34O4. The van der Waals surface area contributed by atoms with Gasteiger partial charge in [0.15, 0.2) is 0 Å². The summed E-state index contributed by atoms with van der Waals surface area (Å²) in [4.78, 5) is 21.4. The molecule has 0 aliphatic heterocycles. The Morgan fingerprint density at radius 3 is 2.26 bits per heavy atom. The molecule has 0 spiro atoms. The molecule has 0 aliphatic rings. The van der Waals surface area contributed by atoms with Crippen molar-refractivity contribution in [2.24, 2.45) is 11.8 Å². The fourth-order valence-electron chi connectivity index (χ4n) is 3.30. The number of hydrogen-bond acceptors (Lipinski definition) is 3. The van der Waals surface area contributed by atoms with E-state index in [-0.39, 0.29) is 17.6 Å². The van der Waals surface area contributed by atoms with Gasteiger partial charge in [-0.1, -0.05) is 70.1 Å². The van der Waals surface area contributed by atoms with Crippen LogP contribution in [0.4, 0.5) is 0 Å². The van der Waals surface area contributed by atoms with Gasteiger partial charge in [0.1, 0.15) is 12.0 Å². The molecule has 2 N–H and O–H groups in total. The number of aliphatic carboxylic acids is 1. The quantitative estimate of drug-likeness (QED) is 0.240. The maximum Gasteiger partial charge on any atom is 0.327 e. The molecule has 0 fully saturated rings. The van der Waals surface area contributed by atoms with Gasteiger partial charge in [-0.05, 0) is 42.9 Å². The molecule has 0 aliphatic carbocycles. The smallest absolute Gasteiger partial charge is 0.327 e. The van der Waals surface area contributed by atoms with Crippen molar-refractivity contribution < 1.29 is 19.8 Å². The summed E-state index contributed by atoms with van der Waals surface area (Å²) in [6.45, 7) is 1.97. The van der Waals surface area contributed by atoms with Crippen LogP contribution in [0.1, 0.15) is 70.3 Å². The second-order valence-electron chi connectivity index (χ2n) is 7.50. The van der Waals surface area contributed by atoms with E-state index < -0.39 is 5.97 Å². The van der Waals surface area contributed by atoms with E-state index in [4.69, 9.17) is 5.11 Å². The van der Waals surface area contributed by atoms with Crippen LogP contribution in [0.5, 0.6) is 5.75 Å². The van der Waals surface area contributed by atoms with Crippen molar-refractivity contribution in [1.29, 1.82) is 0 Å². The normalized spacial score (nSPS) is 13.5. The Hall–Kier alpha value is -2.10. The monoisotopic (exact) mass is 374 g/mol. The number of carbonyl (C=O) groups is 2. The number of phenolic OH excluding ortho intramolecular Hbond substituents is 1. The van der Waals surface area contributed by atoms with Crippen LogP contribution in [-0.4, -0.2) is 22.5 Å². The van der Waals surface area contributed by atoms with Gasteiger partial charge in [-0.15, -0.1) is 0 Å². The summed E-state index contributed by atoms with van der Waals surface area (Å²) in [5.74, 6) is -0.309. The van der Waals surface area contributed by atoms with Crippen molar-refractivity contribution in [3.05, 3.63) is 42.0 Å². The van der Waals surface area contributed by atoms with Gasteiger partial charge in [0.2, 0.25) is 0 Å². The molecule has 0 radical (unpaired) electrons. The van der Waals surface area contributed by atoms with E-state index in [1.807, 2.05) is 19.1 Å². The number of carboxylic acid groups (broad SMARTS) is 1. The molecule has 0 aromatic heterocycles. The first kappa shape index (κ1) is 22.9. The van der Waals surface area contributed by atoms with Crippen LogP contribution in [0, 0.1) is 11.8 Å². The van der Waals surface area contributed by atoms with Crippen molar-refractivity contribution in [2.45, 2.75) is 71.1 Å². The number of carbonyl (C=O) groups excluding carboxylic acids is 1. The molecule has 0 saturated heterocycles. The van der Waals surface area contributed by atoms with Gasteiger partial charge in [-0.3, -0.25) is 0 Å². The van der Waals surface area contributed by atoms with Crippen molar-refractivity contribution in [3.8, 4) is 5.75 Å². The highest BCUT2D eigenvalue weighted by Gasteiger charge is 2.08. The Morgan fingerprint density at radius 1 is 1.04 bits per heavy atom. The number of rotatable bonds is 15. The van der Waals surface area contributed by atoms with Crippen molar-refractivity contribution in [1.82, 2.24) is 0 Å². The SMILES string of the molecule is CC(C=O)CCCCCCCCCC(C=CC(=O)O)Cc1cccc(O)c1. The number of phenols is 1. The van der Waals surface area contributed by atoms with Crippen LogP contribution in [-0.2, 0) is 16.0 Å². The van der Waals surface area contributed by atoms with Crippen molar-refractivity contribution in [3.63, 3.8) is 0 Å². The van der Waals surface area contributed by atoms with Gasteiger partial charge in [0, 0.05) is 12.0 Å². The molecule has 27 heavy (non-hydrogen) atoms. The zero-order valence-corrected chi connectivity index (χ0v) is 16.5. The molecule has 1 aromatic carbocycles. The average Bonchev–Trinajstić information content (AvgIpc) is 2.64. The van der Waals surface area contributed by atoms with Gasteiger partial charge in [-0.2, -0.15) is 0 Å². The molecule has 4 heteroatoms. The second kappa shape index (κ2) is 14.0. The minimum Gasteiger partial charge on any atom is -0.508 e. The van der Waals surface area contributed by atoms with E-state index >= 15 is 0 Å². The lowest BCUT2D eigenvalue weighted by Crippen LogP contribution is -2.03. The highest BCUT2D eigenvalue weighted by atomic mass is 16.4. The van der Waals surface area contributed by atoms with Crippen LogP contribution in [0.2, 0.25) is 0 Å². The molecular weight excluding hydrogens is 340 g/mol. The lowest BCUT2D eigenvalue weighted by molar-refractivity contribution is -0.131. The predicted octanol–water partition coefficient (Wildman–Crippen LogP) is 5.54. The van der Waals surface area contributed by atoms with Crippen LogP contribution in [0.15, 0.2) is 36.4 Å². The number of unbranched alkanes of at least 4 members (excludes halogenated alkanes) is 6. The third-order valence-corrected chi connectivity index (χ3v) is 4.89. The number of allylic oxidation sites excluding steroid dienone is 1. The first-order chi connectivity index (χ1) is 13.0. The zero-order valence-electron chi connectivity index (χ0n) is 16.5. The average molecular weight is 375 g/mol. The van der Waals surface area contributed by atoms with E-state index in [2.05, 4.69) is 0 Å². The Kier molecular flexibility index (Phi) is 11.9. The number of hydrogen-bond donors (Lipinski definition) is 2. The summed E-state index contributed by atoms with van der Waals surface area (Å²) in [5.41, 5.74) is 1.03. The fourth-order valence-corrected chi connectivity index (χ4v) is 3.30. The number of aldehydes is 1. The van der Waals surface area contributed by atoms with E-state index in [0.29, 0.717) is 0 Å². The third-order valence-electron chi connectivity index (χ3n) is 4.89. The summed E-state index contributed by atoms with van der Waals surface area (Å²) in [5, 5.41) is 18.5. The Morgan fingerprint density at radius 2 is 1.67 bits per heavy atom. The summed E-state index contributed by atoms with van der Waals surface area (Å²) < 4.78 is 0. The first-order valence-corrected chi connectivity index (χ1v) is 10.2. The number of benzene rings is 1. The van der Waals surface area contributed by atoms with Gasteiger partial charge >= 0.3 is 5.97 Å². The lowest BCUT2D eigenvalue weighted by Gasteiger charge is -2.13. The van der Waals surface area contributed by atoms with Crippen LogP contribution < -0.4 is 0 Å². The number of carboxylic acids is 1. The Labute approximate surface area is 163 Å². The summed E-state index contributed by atoms with van der Waals surface area (Å²) in [7, 11) is 0. The molecule has 4 nitrogen and oxygen atoms in total. The van der Waals surface area contributed by atoms with Gasteiger partial charge in [0.05, 0.1) is 0 Å². The summed E-state index contributed by atoms with van der Waals surface area (Å²) >= 11 is 0. The standard InChI is InChI=1S/C23H34O4/c1-19(18-24)10-7-5-3-2-4-6-8-11-20(14-15-23(26)27)16-21-12-9-13-22(25)17-21/h9,12-15,17-20,25H,2-8,10-11,16H2,1H3,(H,26,27). The third kappa shape index (κ3) is 12.0. The molecule has 2 atom stereocenters. The topological polar surface area (TPSA) is 74.6 Å². The first-order valence-electron chi connectivity index (χ1n) is 10.2. The van der Waals surface area contributed by atoms with E-state index in [1.54, 1.807) is 18.2 Å². The van der Waals surface area contributed by atoms with Gasteiger partial charge in [-0.25, -0.2) is 4.79 Å². The molecule has 2 unspecified atom stereocenters. The van der Waals surface area contributed by atoms with Crippen molar-refractivity contribution >= 4 is 12.3 Å². The predicted molar refractivity (Wildman–Crippen MR) is 109 cm³/mol. The van der Waals surface area contributed by atoms with E-state index in [1.165, 1.54) is 31.8 Å². The summed E-state index contributed by atoms with van der Waals surface area (Å²) in [6, 6.07) is 7.17. The molecule has 0 saturated carbocycles. The van der Waals surface area contributed by atoms with Gasteiger partial charge < -0.3 is 15.0 Å². The molecule has 1 rings (SSSR count). The Balaban J connectivity index is 2.25. The molecule has 0 amide bonds. The van der Waals surface area contributed by atoms with Gasteiger partial charge in [0.25, 0.3) is 0 Å². The molecule has 150 valence electrons. The molecule has 0 heterocycles. The van der Waals surface area contributed by atoms with E-state index in [0.717, 1.165) is 50.4 Å². The minimum atomic E-state index is -0.917. The van der Waals surface area contributed by atoms with Crippen LogP contribution >= 0.6 is 0 Å². The largest absolute Gasteiger partial charge is 0.508 e. The van der Waals surface area contributed by atoms with Crippen LogP contribution in [0.25, 0.3) is 0 Å². The Bertz CT molecular complexity index is 579. The van der Waals surface area contributed by atoms with Crippen molar-refractivity contribution in [2.75, 3.05) is 0 Å². The van der Waals surface area contributed by atoms with Crippen LogP contribution in [0.3, 0.4) is 0 Å². The zero-order chi connectivity index (χ0) is 19.9. The number of aromatic hydroxyl groups is 1. The van der Waals surface area contributed by atoms with E-state index in [9.17, 15) is 14.7 Å². The second-order valence-corrected chi connectivity index (χ2v) is 7.50.